The summed E-state index contributed by atoms with van der Waals surface area (Å²) in [6, 6.07) is 4.74. The Hall–Kier alpha value is -1.88. The highest BCUT2D eigenvalue weighted by atomic mass is 19.1. The van der Waals surface area contributed by atoms with Crippen molar-refractivity contribution in [3.8, 4) is 0 Å². The molecule has 1 heterocycles. The van der Waals surface area contributed by atoms with Crippen molar-refractivity contribution < 1.29 is 14.3 Å². The van der Waals surface area contributed by atoms with Crippen molar-refractivity contribution in [3.63, 3.8) is 0 Å². The molecule has 2 saturated carbocycles. The van der Waals surface area contributed by atoms with Crippen molar-refractivity contribution in [3.05, 3.63) is 35.8 Å². The predicted octanol–water partition coefficient (Wildman–Crippen LogP) is 2.44. The molecule has 4 rings (SSSR count). The zero-order valence-electron chi connectivity index (χ0n) is 12.2. The number of fused-ring (bicyclic) bond motifs is 3. The molecular weight excluding hydrogens is 283 g/mol. The minimum Gasteiger partial charge on any atom is -0.396 e. The summed E-state index contributed by atoms with van der Waals surface area (Å²) in [5, 5.41) is 13.0. The molecule has 2 aliphatic rings. The zero-order valence-corrected chi connectivity index (χ0v) is 12.2. The van der Waals surface area contributed by atoms with Gasteiger partial charge in [0, 0.05) is 35.7 Å². The second-order valence-electron chi connectivity index (χ2n) is 6.54. The maximum atomic E-state index is 14.0. The highest BCUT2D eigenvalue weighted by Crippen LogP contribution is 2.48. The lowest BCUT2D eigenvalue weighted by molar-refractivity contribution is 0.0863. The fourth-order valence-corrected chi connectivity index (χ4v) is 4.45. The number of amides is 1. The van der Waals surface area contributed by atoms with Gasteiger partial charge in [-0.2, -0.15) is 0 Å². The van der Waals surface area contributed by atoms with E-state index in [-0.39, 0.29) is 24.5 Å². The first-order valence-electron chi connectivity index (χ1n) is 7.86. The van der Waals surface area contributed by atoms with E-state index in [4.69, 9.17) is 0 Å². The SMILES string of the molecule is O=C(NC1C2CCC(C2)C1CO)c1c[nH]c2cccc(F)c12. The van der Waals surface area contributed by atoms with Crippen LogP contribution in [0, 0.1) is 23.6 Å². The summed E-state index contributed by atoms with van der Waals surface area (Å²) in [4.78, 5) is 15.5. The van der Waals surface area contributed by atoms with Gasteiger partial charge in [0.15, 0.2) is 0 Å². The second-order valence-corrected chi connectivity index (χ2v) is 6.54. The Bertz CT molecular complexity index is 727. The van der Waals surface area contributed by atoms with Gasteiger partial charge in [-0.3, -0.25) is 4.79 Å². The van der Waals surface area contributed by atoms with E-state index in [9.17, 15) is 14.3 Å². The van der Waals surface area contributed by atoms with E-state index in [2.05, 4.69) is 10.3 Å². The standard InChI is InChI=1S/C17H19FN2O2/c18-13-2-1-3-14-15(13)11(7-19-14)17(22)20-16-10-5-4-9(6-10)12(16)8-21/h1-3,7,9-10,12,16,19,21H,4-6,8H2,(H,20,22). The number of benzene rings is 1. The summed E-state index contributed by atoms with van der Waals surface area (Å²) in [6.45, 7) is 0.106. The lowest BCUT2D eigenvalue weighted by atomic mass is 9.85. The average Bonchev–Trinajstić information content (AvgIpc) is 3.21. The van der Waals surface area contributed by atoms with Crippen LogP contribution in [0.5, 0.6) is 0 Å². The molecule has 2 bridgehead atoms. The quantitative estimate of drug-likeness (QED) is 0.815. The Morgan fingerprint density at radius 2 is 2.18 bits per heavy atom. The molecular formula is C17H19FN2O2. The number of hydrogen-bond donors (Lipinski definition) is 3. The number of aliphatic hydroxyl groups is 1. The zero-order chi connectivity index (χ0) is 15.3. The minimum absolute atomic E-state index is 0.00738. The molecule has 1 aromatic heterocycles. The first-order chi connectivity index (χ1) is 10.7. The van der Waals surface area contributed by atoms with Gasteiger partial charge in [-0.15, -0.1) is 0 Å². The fourth-order valence-electron chi connectivity index (χ4n) is 4.45. The average molecular weight is 302 g/mol. The van der Waals surface area contributed by atoms with Crippen LogP contribution < -0.4 is 5.32 Å². The molecule has 3 N–H and O–H groups in total. The number of carbonyl (C=O) groups excluding carboxylic acids is 1. The van der Waals surface area contributed by atoms with Gasteiger partial charge in [0.1, 0.15) is 5.82 Å². The van der Waals surface area contributed by atoms with E-state index in [1.165, 1.54) is 6.07 Å². The lowest BCUT2D eigenvalue weighted by Crippen LogP contribution is -2.45. The molecule has 5 heteroatoms. The third-order valence-electron chi connectivity index (χ3n) is 5.50. The van der Waals surface area contributed by atoms with Gasteiger partial charge in [-0.1, -0.05) is 6.07 Å². The number of nitrogens with one attached hydrogen (secondary N) is 2. The summed E-state index contributed by atoms with van der Waals surface area (Å²) >= 11 is 0. The highest BCUT2D eigenvalue weighted by Gasteiger charge is 2.47. The van der Waals surface area contributed by atoms with Crippen LogP contribution in [-0.4, -0.2) is 28.6 Å². The molecule has 4 atom stereocenters. The monoisotopic (exact) mass is 302 g/mol. The van der Waals surface area contributed by atoms with Gasteiger partial charge in [0.05, 0.1) is 5.56 Å². The van der Waals surface area contributed by atoms with Crippen molar-refractivity contribution >= 4 is 16.8 Å². The van der Waals surface area contributed by atoms with Gasteiger partial charge in [0.25, 0.3) is 5.91 Å². The maximum absolute atomic E-state index is 14.0. The number of H-pyrrole nitrogens is 1. The van der Waals surface area contributed by atoms with Crippen LogP contribution in [-0.2, 0) is 0 Å². The fraction of sp³-hybridized carbons (Fsp3) is 0.471. The van der Waals surface area contributed by atoms with Crippen LogP contribution in [0.3, 0.4) is 0 Å². The number of aliphatic hydroxyl groups excluding tert-OH is 1. The summed E-state index contributed by atoms with van der Waals surface area (Å²) < 4.78 is 14.0. The smallest absolute Gasteiger partial charge is 0.253 e. The van der Waals surface area contributed by atoms with Crippen LogP contribution in [0.25, 0.3) is 10.9 Å². The van der Waals surface area contributed by atoms with Crippen molar-refractivity contribution in [2.24, 2.45) is 17.8 Å². The molecule has 0 aliphatic heterocycles. The van der Waals surface area contributed by atoms with Crippen molar-refractivity contribution in [1.29, 1.82) is 0 Å². The molecule has 2 aliphatic carbocycles. The van der Waals surface area contributed by atoms with E-state index >= 15 is 0 Å². The summed E-state index contributed by atoms with van der Waals surface area (Å²) in [6.07, 6.45) is 4.89. The summed E-state index contributed by atoms with van der Waals surface area (Å²) in [7, 11) is 0. The van der Waals surface area contributed by atoms with Gasteiger partial charge in [-0.05, 0) is 43.2 Å². The molecule has 1 aromatic carbocycles. The van der Waals surface area contributed by atoms with E-state index in [0.717, 1.165) is 19.3 Å². The Balaban J connectivity index is 1.62. The van der Waals surface area contributed by atoms with Gasteiger partial charge < -0.3 is 15.4 Å². The first-order valence-corrected chi connectivity index (χ1v) is 7.86. The minimum atomic E-state index is -0.393. The van der Waals surface area contributed by atoms with Gasteiger partial charge in [0.2, 0.25) is 0 Å². The van der Waals surface area contributed by atoms with Crippen LogP contribution in [0.15, 0.2) is 24.4 Å². The third kappa shape index (κ3) is 1.96. The second kappa shape index (κ2) is 5.09. The Morgan fingerprint density at radius 3 is 3.00 bits per heavy atom. The number of aromatic nitrogens is 1. The topological polar surface area (TPSA) is 65.1 Å². The lowest BCUT2D eigenvalue weighted by Gasteiger charge is -2.30. The number of carbonyl (C=O) groups is 1. The molecule has 4 nitrogen and oxygen atoms in total. The number of aromatic amines is 1. The van der Waals surface area contributed by atoms with Gasteiger partial charge >= 0.3 is 0 Å². The molecule has 2 fully saturated rings. The van der Waals surface area contributed by atoms with E-state index in [1.807, 2.05) is 0 Å². The number of halogens is 1. The van der Waals surface area contributed by atoms with E-state index < -0.39 is 5.82 Å². The molecule has 2 aromatic rings. The highest BCUT2D eigenvalue weighted by molar-refractivity contribution is 6.07. The largest absolute Gasteiger partial charge is 0.396 e. The first kappa shape index (κ1) is 13.8. The summed E-state index contributed by atoms with van der Waals surface area (Å²) in [5.41, 5.74) is 0.962. The Labute approximate surface area is 127 Å². The molecule has 1 amide bonds. The Morgan fingerprint density at radius 1 is 1.36 bits per heavy atom. The number of rotatable bonds is 3. The van der Waals surface area contributed by atoms with E-state index in [1.54, 1.807) is 18.3 Å². The normalized spacial score (nSPS) is 30.1. The van der Waals surface area contributed by atoms with Crippen LogP contribution in [0.4, 0.5) is 4.39 Å². The predicted molar refractivity (Wildman–Crippen MR) is 80.9 cm³/mol. The van der Waals surface area contributed by atoms with E-state index in [0.29, 0.717) is 28.3 Å². The van der Waals surface area contributed by atoms with Crippen molar-refractivity contribution in [2.45, 2.75) is 25.3 Å². The van der Waals surface area contributed by atoms with Crippen LogP contribution in [0.2, 0.25) is 0 Å². The number of hydrogen-bond acceptors (Lipinski definition) is 2. The van der Waals surface area contributed by atoms with Crippen molar-refractivity contribution in [2.75, 3.05) is 6.61 Å². The van der Waals surface area contributed by atoms with Gasteiger partial charge in [-0.25, -0.2) is 4.39 Å². The third-order valence-corrected chi connectivity index (χ3v) is 5.50. The van der Waals surface area contributed by atoms with Crippen LogP contribution in [0.1, 0.15) is 29.6 Å². The van der Waals surface area contributed by atoms with Crippen molar-refractivity contribution in [1.82, 2.24) is 10.3 Å². The molecule has 0 saturated heterocycles. The maximum Gasteiger partial charge on any atom is 0.253 e. The molecule has 4 unspecified atom stereocenters. The molecule has 0 spiro atoms. The molecule has 22 heavy (non-hydrogen) atoms. The Kier molecular flexibility index (Phi) is 3.18. The van der Waals surface area contributed by atoms with Crippen LogP contribution >= 0.6 is 0 Å². The molecule has 116 valence electrons. The molecule has 0 radical (unpaired) electrons. The summed E-state index contributed by atoms with van der Waals surface area (Å²) in [5.74, 6) is 0.446.